The van der Waals surface area contributed by atoms with E-state index in [1.807, 2.05) is 118 Å². The second-order valence-electron chi connectivity index (χ2n) is 17.0. The van der Waals surface area contributed by atoms with Crippen LogP contribution in [0.4, 0.5) is 0 Å². The van der Waals surface area contributed by atoms with Gasteiger partial charge in [0.2, 0.25) is 0 Å². The molecule has 2 heteroatoms. The molecule has 9 aromatic carbocycles. The molecule has 1 aliphatic rings. The average molecular weight is 1030 g/mol. The predicted octanol–water partition coefficient (Wildman–Crippen LogP) is 22.1. The lowest BCUT2D eigenvalue weighted by molar-refractivity contribution is 0.985. The molecule has 9 aromatic rings. The lowest BCUT2D eigenvalue weighted by Crippen LogP contribution is -2.04. The zero-order chi connectivity index (χ0) is 57.5. The Kier molecular flexibility index (Phi) is 35.1. The Morgan fingerprint density at radius 2 is 0.987 bits per heavy atom. The van der Waals surface area contributed by atoms with Gasteiger partial charge in [0.05, 0.1) is 5.71 Å². The fourth-order valence-corrected chi connectivity index (χ4v) is 8.38. The summed E-state index contributed by atoms with van der Waals surface area (Å²) in [6.45, 7) is 33.0. The van der Waals surface area contributed by atoms with E-state index in [-0.39, 0.29) is 0 Å². The number of benzene rings is 9. The third kappa shape index (κ3) is 21.6. The van der Waals surface area contributed by atoms with Crippen molar-refractivity contribution < 1.29 is 0 Å². The summed E-state index contributed by atoms with van der Waals surface area (Å²) < 4.78 is 0. The summed E-state index contributed by atoms with van der Waals surface area (Å²) in [4.78, 5) is 0. The molecular formula is C75H96N2. The summed E-state index contributed by atoms with van der Waals surface area (Å²) in [7, 11) is 1.50. The quantitative estimate of drug-likeness (QED) is 0.160. The average Bonchev–Trinajstić information content (AvgIpc) is 3.52. The van der Waals surface area contributed by atoms with Gasteiger partial charge in [-0.2, -0.15) is 0 Å². The second kappa shape index (κ2) is 39.9. The molecule has 0 heterocycles. The van der Waals surface area contributed by atoms with Crippen LogP contribution in [0.2, 0.25) is 0 Å². The number of hydrogen-bond acceptors (Lipinski definition) is 2. The molecule has 0 aliphatic heterocycles. The van der Waals surface area contributed by atoms with E-state index in [0.717, 1.165) is 35.8 Å². The van der Waals surface area contributed by atoms with Crippen LogP contribution in [0.25, 0.3) is 50.2 Å². The van der Waals surface area contributed by atoms with Gasteiger partial charge >= 0.3 is 0 Å². The number of nitrogens with one attached hydrogen (secondary N) is 1. The third-order valence-electron chi connectivity index (χ3n) is 12.0. The fraction of sp³-hybridized carbons (Fsp3) is 0.267. The monoisotopic (exact) mass is 1020 g/mol. The van der Waals surface area contributed by atoms with E-state index >= 15 is 0 Å². The minimum absolute atomic E-state index is 0.596. The molecule has 0 spiro atoms. The zero-order valence-electron chi connectivity index (χ0n) is 50.5. The maximum atomic E-state index is 8.65. The minimum Gasteiger partial charge on any atom is -0.333 e. The first kappa shape index (κ1) is 67.6. The van der Waals surface area contributed by atoms with Crippen LogP contribution in [0.1, 0.15) is 138 Å². The van der Waals surface area contributed by atoms with Crippen molar-refractivity contribution in [3.8, 4) is 33.4 Å². The van der Waals surface area contributed by atoms with Crippen LogP contribution in [0.3, 0.4) is 0 Å². The maximum absolute atomic E-state index is 8.65. The normalized spacial score (nSPS) is 9.90. The molecule has 0 radical (unpaired) electrons. The number of allylic oxidation sites excluding steroid dienone is 1. The Hall–Kier alpha value is -7.39. The van der Waals surface area contributed by atoms with Crippen molar-refractivity contribution in [2.45, 2.75) is 130 Å². The summed E-state index contributed by atoms with van der Waals surface area (Å²) in [5.74, 6) is 0. The summed E-state index contributed by atoms with van der Waals surface area (Å²) in [6, 6.07) is 72.6. The topological polar surface area (TPSA) is 49.9 Å². The number of fused-ring (bicyclic) bond motifs is 2. The first-order valence-electron chi connectivity index (χ1n) is 28.5. The van der Waals surface area contributed by atoms with Gasteiger partial charge in [0, 0.05) is 11.1 Å². The summed E-state index contributed by atoms with van der Waals surface area (Å²) in [5.41, 5.74) is 25.4. The third-order valence-corrected chi connectivity index (χ3v) is 12.0. The van der Waals surface area contributed by atoms with E-state index in [2.05, 4.69) is 217 Å². The maximum Gasteiger partial charge on any atom is 0.0690 e. The van der Waals surface area contributed by atoms with E-state index < -0.39 is 0 Å². The van der Waals surface area contributed by atoms with Gasteiger partial charge in [-0.1, -0.05) is 299 Å². The van der Waals surface area contributed by atoms with Crippen molar-refractivity contribution in [1.82, 2.24) is 0 Å². The Labute approximate surface area is 469 Å². The summed E-state index contributed by atoms with van der Waals surface area (Å²) in [6.07, 6.45) is 7.76. The standard InChI is InChI=1S/C28H26.C21H17N.C8H10.C7H8.5C2H6.CH5N/c1-19-12-14-23(15-13-19)25-17-22(4)28(26-11-6-5-9-21(26)3)27(18-25)24-10-7-8-20(2)16-24;22-21(18-13-12-15-6-1-2-8-17(15)14-18)20-11-5-9-16-7-3-4-10-19(16)20;1-2-8-6-4-3-5-7-8;1-7-5-3-2-4-6-7;6*1-2/h5-18H,1-4H3;2-5,7-14,22H,1,6H2;3-7H,2H2,1H3;2-6H,1H3;5*1-2H3;2H2,1H3. The van der Waals surface area contributed by atoms with Gasteiger partial charge < -0.3 is 5.73 Å². The lowest BCUT2D eigenvalue weighted by atomic mass is 9.86. The van der Waals surface area contributed by atoms with Gasteiger partial charge in [-0.3, -0.25) is 5.41 Å². The van der Waals surface area contributed by atoms with Gasteiger partial charge in [0.25, 0.3) is 0 Å². The molecule has 0 fully saturated rings. The van der Waals surface area contributed by atoms with Crippen molar-refractivity contribution in [2.75, 3.05) is 7.05 Å². The molecule has 0 unspecified atom stereocenters. The molecule has 0 saturated carbocycles. The number of nitrogens with two attached hydrogens (primary N) is 1. The summed E-state index contributed by atoms with van der Waals surface area (Å²) in [5, 5.41) is 11.0. The van der Waals surface area contributed by atoms with E-state index in [1.165, 1.54) is 90.3 Å². The van der Waals surface area contributed by atoms with Crippen LogP contribution >= 0.6 is 0 Å². The predicted molar refractivity (Wildman–Crippen MR) is 349 cm³/mol. The molecule has 0 saturated heterocycles. The zero-order valence-corrected chi connectivity index (χ0v) is 50.5. The highest BCUT2D eigenvalue weighted by Gasteiger charge is 2.16. The Balaban J connectivity index is 0.000000533. The Morgan fingerprint density at radius 3 is 1.57 bits per heavy atom. The van der Waals surface area contributed by atoms with E-state index in [4.69, 9.17) is 5.41 Å². The molecule has 406 valence electrons. The van der Waals surface area contributed by atoms with Gasteiger partial charge in [0.1, 0.15) is 0 Å². The molecule has 2 nitrogen and oxygen atoms in total. The van der Waals surface area contributed by atoms with Gasteiger partial charge in [-0.25, -0.2) is 0 Å². The fourth-order valence-electron chi connectivity index (χ4n) is 8.38. The van der Waals surface area contributed by atoms with Crippen molar-refractivity contribution in [3.63, 3.8) is 0 Å². The minimum atomic E-state index is 0.596. The van der Waals surface area contributed by atoms with E-state index in [0.29, 0.717) is 5.71 Å². The SMILES string of the molecule is CC.CC.CC.CC.CC.CCc1ccccc1.CN.Cc1ccc(-c2cc(C)c(-c3ccccc3C)c(-c3cccc(C)c3)c2)cc1.Cc1ccccc1.N=C(c1ccc2c(c1)C=CCC2)c1cccc2ccccc12. The molecule has 0 amide bonds. The smallest absolute Gasteiger partial charge is 0.0690 e. The number of aryl methyl sites for hydroxylation is 7. The highest BCUT2D eigenvalue weighted by Crippen LogP contribution is 2.40. The van der Waals surface area contributed by atoms with Gasteiger partial charge in [0.15, 0.2) is 0 Å². The van der Waals surface area contributed by atoms with E-state index in [9.17, 15) is 0 Å². The molecule has 10 rings (SSSR count). The van der Waals surface area contributed by atoms with Crippen molar-refractivity contribution in [2.24, 2.45) is 5.73 Å². The van der Waals surface area contributed by atoms with Crippen molar-refractivity contribution >= 4 is 22.6 Å². The number of rotatable bonds is 6. The van der Waals surface area contributed by atoms with Crippen molar-refractivity contribution in [3.05, 3.63) is 268 Å². The Bertz CT molecular complexity index is 3010. The molecule has 0 bridgehead atoms. The Morgan fingerprint density at radius 1 is 0.442 bits per heavy atom. The lowest BCUT2D eigenvalue weighted by Gasteiger charge is -2.18. The van der Waals surface area contributed by atoms with Crippen LogP contribution < -0.4 is 5.73 Å². The van der Waals surface area contributed by atoms with Crippen LogP contribution in [-0.4, -0.2) is 12.8 Å². The number of hydrogen-bond donors (Lipinski definition) is 2. The highest BCUT2D eigenvalue weighted by atomic mass is 14.4. The van der Waals surface area contributed by atoms with E-state index in [1.54, 1.807) is 0 Å². The molecule has 0 atom stereocenters. The first-order chi connectivity index (χ1) is 37.7. The van der Waals surface area contributed by atoms with Crippen LogP contribution in [0.15, 0.2) is 212 Å². The van der Waals surface area contributed by atoms with Gasteiger partial charge in [-0.15, -0.1) is 0 Å². The molecule has 1 aliphatic carbocycles. The molecule has 0 aromatic heterocycles. The van der Waals surface area contributed by atoms with Crippen molar-refractivity contribution in [1.29, 1.82) is 5.41 Å². The largest absolute Gasteiger partial charge is 0.333 e. The highest BCUT2D eigenvalue weighted by molar-refractivity contribution is 6.18. The second-order valence-corrected chi connectivity index (χ2v) is 17.0. The molecular weight excluding hydrogens is 929 g/mol. The van der Waals surface area contributed by atoms with Crippen LogP contribution in [0, 0.1) is 40.0 Å². The summed E-state index contributed by atoms with van der Waals surface area (Å²) >= 11 is 0. The van der Waals surface area contributed by atoms with Gasteiger partial charge in [-0.05, 0) is 145 Å². The van der Waals surface area contributed by atoms with Crippen LogP contribution in [0.5, 0.6) is 0 Å². The first-order valence-corrected chi connectivity index (χ1v) is 28.5. The molecule has 77 heavy (non-hydrogen) atoms. The molecule has 3 N–H and O–H groups in total. The van der Waals surface area contributed by atoms with Crippen LogP contribution in [-0.2, 0) is 12.8 Å².